The van der Waals surface area contributed by atoms with Crippen molar-refractivity contribution in [3.05, 3.63) is 30.2 Å². The molecule has 1 atom stereocenters. The minimum absolute atomic E-state index is 0.0219. The molecule has 20 heavy (non-hydrogen) atoms. The molecule has 1 N–H and O–H groups in total. The Kier molecular flexibility index (Phi) is 2.55. The molecule has 0 aromatic carbocycles. The molecule has 2 heterocycles. The fraction of sp³-hybridized carbons (Fsp3) is 0.533. The lowest BCUT2D eigenvalue weighted by molar-refractivity contribution is 0.0918. The molecule has 2 aliphatic rings. The first-order chi connectivity index (χ1) is 9.76. The van der Waals surface area contributed by atoms with Gasteiger partial charge in [-0.3, -0.25) is 9.20 Å². The number of carbonyl (C=O) groups excluding carboxylic acids is 1. The molecule has 0 bridgehead atoms. The van der Waals surface area contributed by atoms with Gasteiger partial charge in [-0.25, -0.2) is 0 Å². The van der Waals surface area contributed by atoms with Gasteiger partial charge >= 0.3 is 0 Å². The van der Waals surface area contributed by atoms with Crippen molar-refractivity contribution >= 4 is 11.6 Å². The van der Waals surface area contributed by atoms with Gasteiger partial charge < -0.3 is 5.32 Å². The molecule has 4 rings (SSSR count). The second-order valence-corrected chi connectivity index (χ2v) is 6.25. The highest BCUT2D eigenvalue weighted by atomic mass is 16.1. The van der Waals surface area contributed by atoms with E-state index in [-0.39, 0.29) is 5.91 Å². The topological polar surface area (TPSA) is 59.3 Å². The Morgan fingerprint density at radius 2 is 2.30 bits per heavy atom. The van der Waals surface area contributed by atoms with Crippen LogP contribution in [0.4, 0.5) is 0 Å². The van der Waals surface area contributed by atoms with E-state index in [2.05, 4.69) is 15.5 Å². The molecule has 104 valence electrons. The number of amides is 1. The summed E-state index contributed by atoms with van der Waals surface area (Å²) >= 11 is 0. The van der Waals surface area contributed by atoms with E-state index in [1.165, 1.54) is 25.7 Å². The molecular weight excluding hydrogens is 252 g/mol. The summed E-state index contributed by atoms with van der Waals surface area (Å²) in [5.74, 6) is -0.0219. The molecule has 1 amide bonds. The normalized spacial score (nSPS) is 23.9. The van der Waals surface area contributed by atoms with E-state index in [0.717, 1.165) is 12.8 Å². The zero-order valence-corrected chi connectivity index (χ0v) is 11.4. The van der Waals surface area contributed by atoms with Crippen LogP contribution >= 0.6 is 0 Å². The summed E-state index contributed by atoms with van der Waals surface area (Å²) in [5.41, 5.74) is 1.80. The number of fused-ring (bicyclic) bond motifs is 1. The van der Waals surface area contributed by atoms with Crippen LogP contribution in [-0.4, -0.2) is 26.5 Å². The number of hydrogen-bond acceptors (Lipinski definition) is 3. The maximum atomic E-state index is 12.5. The summed E-state index contributed by atoms with van der Waals surface area (Å²) in [6.45, 7) is 0. The highest BCUT2D eigenvalue weighted by Gasteiger charge is 2.45. The van der Waals surface area contributed by atoms with E-state index < -0.39 is 0 Å². The van der Waals surface area contributed by atoms with E-state index in [9.17, 15) is 4.79 Å². The maximum absolute atomic E-state index is 12.5. The molecule has 1 spiro atoms. The summed E-state index contributed by atoms with van der Waals surface area (Å²) in [6.07, 6.45) is 11.0. The second-order valence-electron chi connectivity index (χ2n) is 6.25. The van der Waals surface area contributed by atoms with Gasteiger partial charge in [0.15, 0.2) is 5.65 Å². The maximum Gasteiger partial charge on any atom is 0.255 e. The highest BCUT2D eigenvalue weighted by molar-refractivity contribution is 5.99. The first-order valence-electron chi connectivity index (χ1n) is 7.35. The van der Waals surface area contributed by atoms with Gasteiger partial charge in [0.05, 0.1) is 5.56 Å². The molecule has 2 fully saturated rings. The third-order valence-corrected chi connectivity index (χ3v) is 4.80. The summed E-state index contributed by atoms with van der Waals surface area (Å²) in [6, 6.07) is 3.99. The predicted molar refractivity (Wildman–Crippen MR) is 74.4 cm³/mol. The van der Waals surface area contributed by atoms with Gasteiger partial charge in [0, 0.05) is 12.2 Å². The first kappa shape index (κ1) is 11.9. The monoisotopic (exact) mass is 270 g/mol. The molecule has 1 unspecified atom stereocenters. The van der Waals surface area contributed by atoms with Crippen molar-refractivity contribution in [2.75, 3.05) is 0 Å². The Morgan fingerprint density at radius 3 is 3.15 bits per heavy atom. The van der Waals surface area contributed by atoms with Crippen molar-refractivity contribution in [1.29, 1.82) is 0 Å². The molecule has 5 heteroatoms. The number of nitrogens with one attached hydrogen (secondary N) is 1. The van der Waals surface area contributed by atoms with Crippen LogP contribution in [0.5, 0.6) is 0 Å². The fourth-order valence-corrected chi connectivity index (χ4v) is 3.50. The average molecular weight is 270 g/mol. The Morgan fingerprint density at radius 1 is 1.40 bits per heavy atom. The molecule has 2 aromatic rings. The zero-order valence-electron chi connectivity index (χ0n) is 11.4. The SMILES string of the molecule is O=C(NC1CCCC2(CC2)C1)c1cccn2cnnc12. The van der Waals surface area contributed by atoms with E-state index in [1.54, 1.807) is 10.7 Å². The molecule has 0 radical (unpaired) electrons. The van der Waals surface area contributed by atoms with E-state index >= 15 is 0 Å². The average Bonchev–Trinajstić information content (AvgIpc) is 3.02. The minimum atomic E-state index is -0.0219. The van der Waals surface area contributed by atoms with Crippen LogP contribution in [0.25, 0.3) is 5.65 Å². The number of rotatable bonds is 2. The number of nitrogens with zero attached hydrogens (tertiary/aromatic N) is 3. The number of aromatic nitrogens is 3. The van der Waals surface area contributed by atoms with Gasteiger partial charge in [0.25, 0.3) is 5.91 Å². The lowest BCUT2D eigenvalue weighted by Gasteiger charge is -2.29. The van der Waals surface area contributed by atoms with Crippen LogP contribution in [0.15, 0.2) is 24.7 Å². The molecule has 2 aromatic heterocycles. The van der Waals surface area contributed by atoms with E-state index in [0.29, 0.717) is 22.7 Å². The van der Waals surface area contributed by atoms with Crippen molar-refractivity contribution in [1.82, 2.24) is 19.9 Å². The minimum Gasteiger partial charge on any atom is -0.349 e. The van der Waals surface area contributed by atoms with Gasteiger partial charge in [-0.2, -0.15) is 0 Å². The van der Waals surface area contributed by atoms with Crippen LogP contribution in [0, 0.1) is 5.41 Å². The summed E-state index contributed by atoms with van der Waals surface area (Å²) in [4.78, 5) is 12.5. The number of carbonyl (C=O) groups is 1. The first-order valence-corrected chi connectivity index (χ1v) is 7.35. The van der Waals surface area contributed by atoms with Crippen molar-refractivity contribution in [3.8, 4) is 0 Å². The van der Waals surface area contributed by atoms with Gasteiger partial charge in [-0.05, 0) is 49.7 Å². The Labute approximate surface area is 117 Å². The molecule has 2 saturated carbocycles. The van der Waals surface area contributed by atoms with E-state index in [4.69, 9.17) is 0 Å². The molecule has 0 saturated heterocycles. The summed E-state index contributed by atoms with van der Waals surface area (Å²) < 4.78 is 1.78. The second kappa shape index (κ2) is 4.30. The number of pyridine rings is 1. The smallest absolute Gasteiger partial charge is 0.255 e. The van der Waals surface area contributed by atoms with Crippen LogP contribution in [0.3, 0.4) is 0 Å². The molecule has 0 aliphatic heterocycles. The van der Waals surface area contributed by atoms with Gasteiger partial charge in [0.1, 0.15) is 6.33 Å². The third kappa shape index (κ3) is 1.97. The standard InChI is InChI=1S/C15H18N4O/c20-14(12-4-2-8-19-10-16-18-13(12)19)17-11-3-1-5-15(9-11)6-7-15/h2,4,8,10-11H,1,3,5-7,9H2,(H,17,20). The zero-order chi connectivity index (χ0) is 13.6. The lowest BCUT2D eigenvalue weighted by Crippen LogP contribution is -2.39. The van der Waals surface area contributed by atoms with Gasteiger partial charge in [0.2, 0.25) is 0 Å². The van der Waals surface area contributed by atoms with Crippen LogP contribution in [0.1, 0.15) is 48.9 Å². The van der Waals surface area contributed by atoms with Crippen LogP contribution in [-0.2, 0) is 0 Å². The summed E-state index contributed by atoms with van der Waals surface area (Å²) in [5, 5.41) is 11.1. The Hall–Kier alpha value is -1.91. The fourth-order valence-electron chi connectivity index (χ4n) is 3.50. The molecule has 2 aliphatic carbocycles. The van der Waals surface area contributed by atoms with Crippen molar-refractivity contribution < 1.29 is 4.79 Å². The Bertz CT molecular complexity index is 659. The third-order valence-electron chi connectivity index (χ3n) is 4.80. The highest BCUT2D eigenvalue weighted by Crippen LogP contribution is 2.56. The largest absolute Gasteiger partial charge is 0.349 e. The predicted octanol–water partition coefficient (Wildman–Crippen LogP) is 2.18. The quantitative estimate of drug-likeness (QED) is 0.910. The van der Waals surface area contributed by atoms with Gasteiger partial charge in [-0.1, -0.05) is 6.42 Å². The van der Waals surface area contributed by atoms with Crippen molar-refractivity contribution in [3.63, 3.8) is 0 Å². The van der Waals surface area contributed by atoms with Crippen molar-refractivity contribution in [2.24, 2.45) is 5.41 Å². The lowest BCUT2D eigenvalue weighted by atomic mass is 9.83. The van der Waals surface area contributed by atoms with E-state index in [1.807, 2.05) is 18.3 Å². The van der Waals surface area contributed by atoms with Crippen LogP contribution < -0.4 is 5.32 Å². The molecular formula is C15H18N4O. The summed E-state index contributed by atoms with van der Waals surface area (Å²) in [7, 11) is 0. The van der Waals surface area contributed by atoms with Crippen LogP contribution in [0.2, 0.25) is 0 Å². The number of hydrogen-bond donors (Lipinski definition) is 1. The van der Waals surface area contributed by atoms with Crippen molar-refractivity contribution in [2.45, 2.75) is 44.6 Å². The van der Waals surface area contributed by atoms with Gasteiger partial charge in [-0.15, -0.1) is 10.2 Å². The Balaban J connectivity index is 1.54. The molecule has 5 nitrogen and oxygen atoms in total.